The average molecular weight is 209 g/mol. The lowest BCUT2D eigenvalue weighted by Crippen LogP contribution is -2.01. The Hall–Kier alpha value is -1.49. The third-order valence-electron chi connectivity index (χ3n) is 1.62. The summed E-state index contributed by atoms with van der Waals surface area (Å²) in [6.45, 7) is 0.670. The van der Waals surface area contributed by atoms with E-state index in [1.54, 1.807) is 11.3 Å². The van der Waals surface area contributed by atoms with Crippen LogP contribution in [0.1, 0.15) is 4.88 Å². The first kappa shape index (κ1) is 9.08. The van der Waals surface area contributed by atoms with Gasteiger partial charge in [0.1, 0.15) is 0 Å². The minimum absolute atomic E-state index is 0.424. The molecule has 72 valence electrons. The number of hydrogen-bond acceptors (Lipinski definition) is 4. The largest absolute Gasteiger partial charge is 0.349 e. The quantitative estimate of drug-likeness (QED) is 0.842. The molecule has 2 aromatic rings. The summed E-state index contributed by atoms with van der Waals surface area (Å²) >= 11 is 1.65. The van der Waals surface area contributed by atoms with Crippen molar-refractivity contribution in [1.82, 2.24) is 9.97 Å². The molecule has 14 heavy (non-hydrogen) atoms. The zero-order valence-electron chi connectivity index (χ0n) is 7.27. The maximum atomic E-state index is 12.4. The molecule has 0 radical (unpaired) electrons. The number of nitrogens with zero attached hydrogens (tertiary/aromatic N) is 2. The molecule has 5 heteroatoms. The van der Waals surface area contributed by atoms with Crippen LogP contribution in [0.5, 0.6) is 0 Å². The van der Waals surface area contributed by atoms with Crippen LogP contribution in [-0.4, -0.2) is 9.97 Å². The van der Waals surface area contributed by atoms with Gasteiger partial charge >= 0.3 is 0 Å². The van der Waals surface area contributed by atoms with Gasteiger partial charge in [0.2, 0.25) is 5.95 Å². The molecule has 2 rings (SSSR count). The van der Waals surface area contributed by atoms with E-state index < -0.39 is 5.82 Å². The minimum Gasteiger partial charge on any atom is -0.349 e. The molecule has 0 spiro atoms. The molecule has 0 aromatic carbocycles. The van der Waals surface area contributed by atoms with Crippen LogP contribution in [-0.2, 0) is 6.54 Å². The SMILES string of the molecule is Fc1cnc(NCc2cccs2)nc1. The Balaban J connectivity index is 1.95. The number of nitrogens with one attached hydrogen (secondary N) is 1. The van der Waals surface area contributed by atoms with Crippen molar-refractivity contribution in [3.8, 4) is 0 Å². The summed E-state index contributed by atoms with van der Waals surface area (Å²) in [5.41, 5.74) is 0. The Morgan fingerprint density at radius 1 is 1.36 bits per heavy atom. The first-order valence-corrected chi connectivity index (χ1v) is 4.96. The van der Waals surface area contributed by atoms with E-state index in [0.717, 1.165) is 12.4 Å². The molecule has 0 aliphatic heterocycles. The van der Waals surface area contributed by atoms with Gasteiger partial charge in [0.25, 0.3) is 0 Å². The Labute approximate surface area is 84.6 Å². The van der Waals surface area contributed by atoms with Gasteiger partial charge in [-0.1, -0.05) is 6.07 Å². The topological polar surface area (TPSA) is 37.8 Å². The molecular weight excluding hydrogens is 201 g/mol. The van der Waals surface area contributed by atoms with E-state index in [9.17, 15) is 4.39 Å². The van der Waals surface area contributed by atoms with E-state index in [-0.39, 0.29) is 0 Å². The summed E-state index contributed by atoms with van der Waals surface area (Å²) < 4.78 is 12.4. The highest BCUT2D eigenvalue weighted by Crippen LogP contribution is 2.09. The molecule has 0 amide bonds. The smallest absolute Gasteiger partial charge is 0.223 e. The van der Waals surface area contributed by atoms with E-state index in [1.165, 1.54) is 4.88 Å². The highest BCUT2D eigenvalue weighted by Gasteiger charge is 1.97. The number of halogens is 1. The van der Waals surface area contributed by atoms with Crippen molar-refractivity contribution in [1.29, 1.82) is 0 Å². The van der Waals surface area contributed by atoms with Gasteiger partial charge in [-0.15, -0.1) is 11.3 Å². The summed E-state index contributed by atoms with van der Waals surface area (Å²) in [6.07, 6.45) is 2.29. The number of anilines is 1. The van der Waals surface area contributed by atoms with Gasteiger partial charge in [0.15, 0.2) is 5.82 Å². The Kier molecular flexibility index (Phi) is 2.69. The molecule has 0 atom stereocenters. The molecule has 0 saturated heterocycles. The number of thiophene rings is 1. The number of hydrogen-bond donors (Lipinski definition) is 1. The summed E-state index contributed by atoms with van der Waals surface area (Å²) in [4.78, 5) is 8.76. The monoisotopic (exact) mass is 209 g/mol. The fraction of sp³-hybridized carbons (Fsp3) is 0.111. The Morgan fingerprint density at radius 2 is 2.14 bits per heavy atom. The molecule has 0 aliphatic rings. The molecule has 0 bridgehead atoms. The van der Waals surface area contributed by atoms with Gasteiger partial charge < -0.3 is 5.32 Å². The zero-order valence-corrected chi connectivity index (χ0v) is 8.09. The summed E-state index contributed by atoms with van der Waals surface area (Å²) in [7, 11) is 0. The molecule has 0 saturated carbocycles. The van der Waals surface area contributed by atoms with Crippen molar-refractivity contribution in [2.24, 2.45) is 0 Å². The first-order chi connectivity index (χ1) is 6.84. The van der Waals surface area contributed by atoms with Crippen LogP contribution in [0, 0.1) is 5.82 Å². The van der Waals surface area contributed by atoms with Crippen molar-refractivity contribution in [3.63, 3.8) is 0 Å². The predicted octanol–water partition coefficient (Wildman–Crippen LogP) is 2.29. The van der Waals surface area contributed by atoms with Gasteiger partial charge in [-0.3, -0.25) is 0 Å². The van der Waals surface area contributed by atoms with Crippen molar-refractivity contribution in [2.75, 3.05) is 5.32 Å². The van der Waals surface area contributed by atoms with Crippen LogP contribution < -0.4 is 5.32 Å². The fourth-order valence-electron chi connectivity index (χ4n) is 0.983. The van der Waals surface area contributed by atoms with Crippen LogP contribution in [0.15, 0.2) is 29.9 Å². The summed E-state index contributed by atoms with van der Waals surface area (Å²) in [5.74, 6) is 0.0199. The molecule has 2 aromatic heterocycles. The molecule has 2 heterocycles. The second-order valence-electron chi connectivity index (χ2n) is 2.66. The number of aromatic nitrogens is 2. The van der Waals surface area contributed by atoms with Crippen LogP contribution in [0.4, 0.5) is 10.3 Å². The van der Waals surface area contributed by atoms with Gasteiger partial charge in [0, 0.05) is 4.88 Å². The van der Waals surface area contributed by atoms with Gasteiger partial charge in [-0.25, -0.2) is 14.4 Å². The lowest BCUT2D eigenvalue weighted by molar-refractivity contribution is 0.614. The maximum absolute atomic E-state index is 12.4. The van der Waals surface area contributed by atoms with Crippen LogP contribution in [0.2, 0.25) is 0 Å². The summed E-state index contributed by atoms with van der Waals surface area (Å²) in [6, 6.07) is 3.99. The van der Waals surface area contributed by atoms with Crippen molar-refractivity contribution >= 4 is 17.3 Å². The van der Waals surface area contributed by atoms with Crippen LogP contribution in [0.25, 0.3) is 0 Å². The second kappa shape index (κ2) is 4.15. The van der Waals surface area contributed by atoms with Gasteiger partial charge in [0.05, 0.1) is 18.9 Å². The first-order valence-electron chi connectivity index (χ1n) is 4.08. The molecule has 0 fully saturated rings. The van der Waals surface area contributed by atoms with E-state index in [1.807, 2.05) is 17.5 Å². The lowest BCUT2D eigenvalue weighted by atomic mass is 10.5. The highest BCUT2D eigenvalue weighted by atomic mass is 32.1. The van der Waals surface area contributed by atoms with E-state index >= 15 is 0 Å². The standard InChI is InChI=1S/C9H8FN3S/c10-7-4-11-9(12-5-7)13-6-8-2-1-3-14-8/h1-5H,6H2,(H,11,12,13). The molecule has 3 nitrogen and oxygen atoms in total. The van der Waals surface area contributed by atoms with Crippen molar-refractivity contribution in [3.05, 3.63) is 40.6 Å². The van der Waals surface area contributed by atoms with Crippen LogP contribution >= 0.6 is 11.3 Å². The zero-order chi connectivity index (χ0) is 9.80. The summed E-state index contributed by atoms with van der Waals surface area (Å²) in [5, 5.41) is 5.00. The minimum atomic E-state index is -0.424. The normalized spacial score (nSPS) is 10.1. The number of rotatable bonds is 3. The molecule has 0 aliphatic carbocycles. The average Bonchev–Trinajstić information content (AvgIpc) is 2.70. The van der Waals surface area contributed by atoms with Crippen LogP contribution in [0.3, 0.4) is 0 Å². The molecular formula is C9H8FN3S. The highest BCUT2D eigenvalue weighted by molar-refractivity contribution is 7.09. The second-order valence-corrected chi connectivity index (χ2v) is 3.69. The Morgan fingerprint density at radius 3 is 2.79 bits per heavy atom. The van der Waals surface area contributed by atoms with Gasteiger partial charge in [-0.05, 0) is 11.4 Å². The van der Waals surface area contributed by atoms with E-state index in [0.29, 0.717) is 12.5 Å². The molecule has 1 N–H and O–H groups in total. The van der Waals surface area contributed by atoms with Crippen molar-refractivity contribution in [2.45, 2.75) is 6.54 Å². The van der Waals surface area contributed by atoms with Crippen molar-refractivity contribution < 1.29 is 4.39 Å². The third-order valence-corrected chi connectivity index (χ3v) is 2.50. The lowest BCUT2D eigenvalue weighted by Gasteiger charge is -2.01. The molecule has 0 unspecified atom stereocenters. The third kappa shape index (κ3) is 2.26. The maximum Gasteiger partial charge on any atom is 0.223 e. The van der Waals surface area contributed by atoms with Gasteiger partial charge in [-0.2, -0.15) is 0 Å². The van der Waals surface area contributed by atoms with E-state index in [4.69, 9.17) is 0 Å². The van der Waals surface area contributed by atoms with E-state index in [2.05, 4.69) is 15.3 Å². The Bertz CT molecular complexity index is 385. The fourth-order valence-corrected chi connectivity index (χ4v) is 1.63. The predicted molar refractivity (Wildman–Crippen MR) is 53.6 cm³/mol.